The molecule has 14 heteroatoms. The number of methoxy groups -OCH3 is 1. The Kier molecular flexibility index (Phi) is 6.55. The summed E-state index contributed by atoms with van der Waals surface area (Å²) in [5, 5.41) is 4.87. The molecule has 1 N–H and O–H groups in total. The molecule has 208 valence electrons. The monoisotopic (exact) mass is 573 g/mol. The number of benzene rings is 2. The van der Waals surface area contributed by atoms with Crippen LogP contribution in [0.2, 0.25) is 5.02 Å². The van der Waals surface area contributed by atoms with Crippen molar-refractivity contribution in [3.05, 3.63) is 58.1 Å². The minimum Gasteiger partial charge on any atom is -0.491 e. The van der Waals surface area contributed by atoms with Gasteiger partial charge in [0.15, 0.2) is 17.0 Å². The van der Waals surface area contributed by atoms with E-state index in [4.69, 9.17) is 21.1 Å². The van der Waals surface area contributed by atoms with Crippen LogP contribution >= 0.6 is 11.6 Å². The van der Waals surface area contributed by atoms with Gasteiger partial charge in [-0.2, -0.15) is 5.10 Å². The summed E-state index contributed by atoms with van der Waals surface area (Å²) in [4.78, 5) is 35.4. The lowest BCUT2D eigenvalue weighted by molar-refractivity contribution is -0.286. The summed E-state index contributed by atoms with van der Waals surface area (Å²) < 4.78 is 47.8. The smallest absolute Gasteiger partial charge is 0.491 e. The van der Waals surface area contributed by atoms with Gasteiger partial charge in [0.25, 0.3) is 5.56 Å². The molecule has 0 unspecified atom stereocenters. The number of nitrogens with zero attached hydrogens (tertiary/aromatic N) is 4. The van der Waals surface area contributed by atoms with E-state index >= 15 is 0 Å². The predicted octanol–water partition coefficient (Wildman–Crippen LogP) is 3.98. The number of alkyl halides is 2. The molecule has 0 atom stereocenters. The molecule has 1 fully saturated rings. The third-order valence-corrected chi connectivity index (χ3v) is 6.58. The number of H-pyrrole nitrogens is 1. The minimum atomic E-state index is -3.78. The Labute approximate surface area is 230 Å². The molecular formula is C26H22ClF2N5O6. The van der Waals surface area contributed by atoms with Crippen LogP contribution in [0, 0.1) is 0 Å². The second-order valence-electron chi connectivity index (χ2n) is 9.25. The second kappa shape index (κ2) is 10.1. The Morgan fingerprint density at radius 1 is 1.20 bits per heavy atom. The van der Waals surface area contributed by atoms with Crippen molar-refractivity contribution in [2.75, 3.05) is 25.2 Å². The molecular weight excluding hydrogens is 552 g/mol. The van der Waals surface area contributed by atoms with Crippen molar-refractivity contribution in [1.82, 2.24) is 19.7 Å². The molecule has 0 radical (unpaired) electrons. The number of aromatic nitrogens is 4. The first-order chi connectivity index (χ1) is 19.2. The standard InChI is InChI=1S/C26H22ClF2N5O6/c1-37-6-7-38-18-9-14(8-15(27)10-18)22-23-24(31-13-30-23)25(36)33(32-22)12-21(35)34(16-2-3-16)17-4-5-19-20(11-17)40-26(28,29)39-19/h4-5,8-11,13,16H,2-3,6-7,12H2,1H3,(H,30,31). The number of aromatic amines is 1. The zero-order valence-electron chi connectivity index (χ0n) is 21.0. The number of carbonyl (C=O) groups is 1. The van der Waals surface area contributed by atoms with E-state index in [9.17, 15) is 18.4 Å². The molecule has 6 rings (SSSR count). The number of hydrogen-bond acceptors (Lipinski definition) is 8. The van der Waals surface area contributed by atoms with Crippen LogP contribution in [0.25, 0.3) is 22.3 Å². The zero-order valence-corrected chi connectivity index (χ0v) is 21.8. The second-order valence-corrected chi connectivity index (χ2v) is 9.68. The van der Waals surface area contributed by atoms with Gasteiger partial charge in [0.1, 0.15) is 24.6 Å². The minimum absolute atomic E-state index is 0.0860. The van der Waals surface area contributed by atoms with Gasteiger partial charge in [-0.25, -0.2) is 9.67 Å². The van der Waals surface area contributed by atoms with Crippen LogP contribution < -0.4 is 24.7 Å². The van der Waals surface area contributed by atoms with E-state index in [-0.39, 0.29) is 23.1 Å². The average molecular weight is 574 g/mol. The van der Waals surface area contributed by atoms with Crippen LogP contribution in [0.3, 0.4) is 0 Å². The number of carbonyl (C=O) groups excluding carboxylic acids is 1. The number of halogens is 3. The maximum absolute atomic E-state index is 13.6. The van der Waals surface area contributed by atoms with E-state index < -0.39 is 24.3 Å². The summed E-state index contributed by atoms with van der Waals surface area (Å²) in [6.45, 7) is 0.250. The molecule has 3 heterocycles. The van der Waals surface area contributed by atoms with Crippen molar-refractivity contribution in [2.45, 2.75) is 31.7 Å². The lowest BCUT2D eigenvalue weighted by Crippen LogP contribution is -2.39. The molecule has 2 aromatic heterocycles. The molecule has 1 aliphatic carbocycles. The van der Waals surface area contributed by atoms with Gasteiger partial charge in [0, 0.05) is 35.5 Å². The summed E-state index contributed by atoms with van der Waals surface area (Å²) in [5.41, 5.74) is 1.09. The Hall–Kier alpha value is -4.23. The molecule has 2 aromatic carbocycles. The summed E-state index contributed by atoms with van der Waals surface area (Å²) >= 11 is 6.34. The Morgan fingerprint density at radius 3 is 2.77 bits per heavy atom. The molecule has 4 aromatic rings. The number of nitrogens with one attached hydrogen (secondary N) is 1. The van der Waals surface area contributed by atoms with Gasteiger partial charge >= 0.3 is 6.29 Å². The van der Waals surface area contributed by atoms with Crippen molar-refractivity contribution in [1.29, 1.82) is 0 Å². The maximum atomic E-state index is 13.6. The summed E-state index contributed by atoms with van der Waals surface area (Å²) in [6.07, 6.45) is -0.979. The fraction of sp³-hybridized carbons (Fsp3) is 0.308. The van der Waals surface area contributed by atoms with Gasteiger partial charge in [0.2, 0.25) is 5.91 Å². The van der Waals surface area contributed by atoms with Gasteiger partial charge in [0.05, 0.1) is 18.5 Å². The van der Waals surface area contributed by atoms with Crippen LogP contribution in [0.1, 0.15) is 12.8 Å². The van der Waals surface area contributed by atoms with E-state index in [1.165, 1.54) is 29.4 Å². The summed E-state index contributed by atoms with van der Waals surface area (Å²) in [7, 11) is 1.56. The van der Waals surface area contributed by atoms with Crippen LogP contribution in [0.15, 0.2) is 47.5 Å². The Balaban J connectivity index is 1.34. The van der Waals surface area contributed by atoms with Crippen LogP contribution in [-0.2, 0) is 16.1 Å². The summed E-state index contributed by atoms with van der Waals surface area (Å²) in [5.74, 6) is -0.300. The fourth-order valence-corrected chi connectivity index (χ4v) is 4.72. The van der Waals surface area contributed by atoms with Gasteiger partial charge in [-0.05, 0) is 43.2 Å². The molecule has 1 amide bonds. The highest BCUT2D eigenvalue weighted by Gasteiger charge is 2.44. The van der Waals surface area contributed by atoms with Crippen molar-refractivity contribution in [2.24, 2.45) is 0 Å². The molecule has 40 heavy (non-hydrogen) atoms. The van der Waals surface area contributed by atoms with E-state index in [2.05, 4.69) is 24.5 Å². The van der Waals surface area contributed by atoms with Gasteiger partial charge in [-0.1, -0.05) is 11.6 Å². The largest absolute Gasteiger partial charge is 0.586 e. The van der Waals surface area contributed by atoms with Crippen LogP contribution in [0.4, 0.5) is 14.5 Å². The average Bonchev–Trinajstić information content (AvgIpc) is 3.50. The SMILES string of the molecule is COCCOc1cc(Cl)cc(-c2nn(CC(=O)N(c3ccc4c(c3)OC(F)(F)O4)C3CC3)c(=O)c3nc[nH]c23)c1. The quantitative estimate of drug-likeness (QED) is 0.299. The predicted molar refractivity (Wildman–Crippen MR) is 139 cm³/mol. The molecule has 0 saturated heterocycles. The van der Waals surface area contributed by atoms with Crippen molar-refractivity contribution >= 4 is 34.2 Å². The molecule has 2 aliphatic rings. The fourth-order valence-electron chi connectivity index (χ4n) is 4.49. The van der Waals surface area contributed by atoms with E-state index in [0.29, 0.717) is 46.4 Å². The van der Waals surface area contributed by atoms with E-state index in [1.54, 1.807) is 25.3 Å². The first-order valence-electron chi connectivity index (χ1n) is 12.3. The number of amides is 1. The number of fused-ring (bicyclic) bond motifs is 2. The lowest BCUT2D eigenvalue weighted by Gasteiger charge is -2.23. The molecule has 0 bridgehead atoms. The molecule has 11 nitrogen and oxygen atoms in total. The van der Waals surface area contributed by atoms with Crippen molar-refractivity contribution in [3.8, 4) is 28.5 Å². The Morgan fingerprint density at radius 2 is 2.00 bits per heavy atom. The normalized spacial score (nSPS) is 15.4. The number of anilines is 1. The third kappa shape index (κ3) is 5.05. The van der Waals surface area contributed by atoms with Crippen LogP contribution in [-0.4, -0.2) is 58.3 Å². The van der Waals surface area contributed by atoms with E-state index in [1.807, 2.05) is 0 Å². The number of rotatable bonds is 9. The highest BCUT2D eigenvalue weighted by molar-refractivity contribution is 6.31. The van der Waals surface area contributed by atoms with E-state index in [0.717, 1.165) is 17.5 Å². The number of ether oxygens (including phenoxy) is 4. The summed E-state index contributed by atoms with van der Waals surface area (Å²) in [6, 6.07) is 8.98. The molecule has 1 saturated carbocycles. The maximum Gasteiger partial charge on any atom is 0.586 e. The molecule has 1 aliphatic heterocycles. The first-order valence-corrected chi connectivity index (χ1v) is 12.7. The zero-order chi connectivity index (χ0) is 28.0. The third-order valence-electron chi connectivity index (χ3n) is 6.36. The topological polar surface area (TPSA) is 121 Å². The van der Waals surface area contributed by atoms with Crippen molar-refractivity contribution < 1.29 is 32.5 Å². The van der Waals surface area contributed by atoms with Crippen molar-refractivity contribution in [3.63, 3.8) is 0 Å². The van der Waals surface area contributed by atoms with Gasteiger partial charge in [-0.15, -0.1) is 8.78 Å². The first kappa shape index (κ1) is 26.0. The molecule has 0 spiro atoms. The highest BCUT2D eigenvalue weighted by Crippen LogP contribution is 2.44. The van der Waals surface area contributed by atoms with Crippen LogP contribution in [0.5, 0.6) is 17.2 Å². The van der Waals surface area contributed by atoms with Gasteiger partial charge < -0.3 is 28.8 Å². The lowest BCUT2D eigenvalue weighted by atomic mass is 10.1. The number of imidazole rings is 1. The highest BCUT2D eigenvalue weighted by atomic mass is 35.5. The Bertz CT molecular complexity index is 1670. The number of hydrogen-bond donors (Lipinski definition) is 1. The van der Waals surface area contributed by atoms with Gasteiger partial charge in [-0.3, -0.25) is 9.59 Å².